The molecule has 0 bridgehead atoms. The Labute approximate surface area is 113 Å². The minimum absolute atomic E-state index is 0.00373. The van der Waals surface area contributed by atoms with Crippen LogP contribution in [0.1, 0.15) is 12.5 Å². The molecule has 0 saturated heterocycles. The van der Waals surface area contributed by atoms with Crippen LogP contribution in [0.4, 0.5) is 0 Å². The summed E-state index contributed by atoms with van der Waals surface area (Å²) in [5.41, 5.74) is 1.18. The van der Waals surface area contributed by atoms with Gasteiger partial charge in [0.1, 0.15) is 11.5 Å². The summed E-state index contributed by atoms with van der Waals surface area (Å²) in [7, 11) is 0. The normalized spacial score (nSPS) is 9.95. The van der Waals surface area contributed by atoms with Crippen molar-refractivity contribution < 1.29 is 9.53 Å². The third-order valence-corrected chi connectivity index (χ3v) is 2.69. The number of benzene rings is 2. The molecular formula is C16H17NO2. The Bertz CT molecular complexity index is 520. The predicted octanol–water partition coefficient (Wildman–Crippen LogP) is 3.16. The Hall–Kier alpha value is -2.29. The molecule has 0 spiro atoms. The predicted molar refractivity (Wildman–Crippen MR) is 75.3 cm³/mol. The first kappa shape index (κ1) is 13.1. The number of hydrogen-bond donors (Lipinski definition) is 1. The van der Waals surface area contributed by atoms with E-state index in [2.05, 4.69) is 5.32 Å². The highest BCUT2D eigenvalue weighted by atomic mass is 16.5. The lowest BCUT2D eigenvalue weighted by Gasteiger charge is -2.07. The van der Waals surface area contributed by atoms with E-state index in [0.29, 0.717) is 6.54 Å². The molecule has 2 aromatic carbocycles. The molecule has 3 heteroatoms. The van der Waals surface area contributed by atoms with Gasteiger partial charge in [-0.2, -0.15) is 0 Å². The largest absolute Gasteiger partial charge is 0.457 e. The third-order valence-electron chi connectivity index (χ3n) is 2.69. The van der Waals surface area contributed by atoms with Crippen molar-refractivity contribution in [3.05, 3.63) is 60.2 Å². The highest BCUT2D eigenvalue weighted by molar-refractivity contribution is 5.72. The number of carbonyl (C=O) groups excluding carboxylic acids is 1. The van der Waals surface area contributed by atoms with Gasteiger partial charge in [0.15, 0.2) is 0 Å². The van der Waals surface area contributed by atoms with Crippen LogP contribution in [0.3, 0.4) is 0 Å². The number of rotatable bonds is 5. The topological polar surface area (TPSA) is 38.3 Å². The molecule has 0 unspecified atom stereocenters. The Kier molecular flexibility index (Phi) is 4.56. The van der Waals surface area contributed by atoms with Gasteiger partial charge in [0.05, 0.1) is 0 Å². The second kappa shape index (κ2) is 6.59. The third kappa shape index (κ3) is 4.47. The Morgan fingerprint density at radius 3 is 2.26 bits per heavy atom. The second-order valence-electron chi connectivity index (χ2n) is 4.29. The molecule has 1 N–H and O–H groups in total. The minimum atomic E-state index is 0.00373. The van der Waals surface area contributed by atoms with Crippen LogP contribution in [0, 0.1) is 0 Å². The molecule has 1 amide bonds. The summed E-state index contributed by atoms with van der Waals surface area (Å²) in [5.74, 6) is 1.65. The number of hydrogen-bond acceptors (Lipinski definition) is 2. The fourth-order valence-corrected chi connectivity index (χ4v) is 1.73. The SMILES string of the molecule is CC(=O)NCCc1ccc(Oc2ccccc2)cc1. The maximum absolute atomic E-state index is 10.8. The van der Waals surface area contributed by atoms with Crippen molar-refractivity contribution in [3.8, 4) is 11.5 Å². The van der Waals surface area contributed by atoms with Crippen LogP contribution in [0.25, 0.3) is 0 Å². The summed E-state index contributed by atoms with van der Waals surface area (Å²) in [6.07, 6.45) is 0.825. The quantitative estimate of drug-likeness (QED) is 0.891. The summed E-state index contributed by atoms with van der Waals surface area (Å²) in [5, 5.41) is 2.78. The first-order valence-corrected chi connectivity index (χ1v) is 6.30. The lowest BCUT2D eigenvalue weighted by atomic mass is 10.1. The van der Waals surface area contributed by atoms with Gasteiger partial charge in [0, 0.05) is 13.5 Å². The Morgan fingerprint density at radius 2 is 1.63 bits per heavy atom. The van der Waals surface area contributed by atoms with Crippen molar-refractivity contribution in [1.29, 1.82) is 0 Å². The fourth-order valence-electron chi connectivity index (χ4n) is 1.73. The number of para-hydroxylation sites is 1. The molecule has 0 saturated carbocycles. The van der Waals surface area contributed by atoms with Gasteiger partial charge in [-0.05, 0) is 36.2 Å². The van der Waals surface area contributed by atoms with Crippen LogP contribution in [-0.2, 0) is 11.2 Å². The van der Waals surface area contributed by atoms with E-state index in [4.69, 9.17) is 4.74 Å². The Balaban J connectivity index is 1.89. The van der Waals surface area contributed by atoms with Gasteiger partial charge in [0.25, 0.3) is 0 Å². The van der Waals surface area contributed by atoms with Gasteiger partial charge in [-0.1, -0.05) is 30.3 Å². The molecule has 0 heterocycles. The van der Waals surface area contributed by atoms with E-state index in [9.17, 15) is 4.79 Å². The molecule has 0 radical (unpaired) electrons. The molecule has 2 aromatic rings. The van der Waals surface area contributed by atoms with Crippen LogP contribution < -0.4 is 10.1 Å². The van der Waals surface area contributed by atoms with E-state index in [-0.39, 0.29) is 5.91 Å². The molecule has 0 aromatic heterocycles. The van der Waals surface area contributed by atoms with Crippen LogP contribution in [-0.4, -0.2) is 12.5 Å². The molecular weight excluding hydrogens is 238 g/mol. The fraction of sp³-hybridized carbons (Fsp3) is 0.188. The summed E-state index contributed by atoms with van der Waals surface area (Å²) in [6, 6.07) is 17.6. The van der Waals surface area contributed by atoms with E-state index in [1.807, 2.05) is 54.6 Å². The van der Waals surface area contributed by atoms with Crippen molar-refractivity contribution in [2.45, 2.75) is 13.3 Å². The first-order chi connectivity index (χ1) is 9.24. The highest BCUT2D eigenvalue weighted by Gasteiger charge is 1.98. The van der Waals surface area contributed by atoms with E-state index in [0.717, 1.165) is 17.9 Å². The summed E-state index contributed by atoms with van der Waals surface area (Å²) in [4.78, 5) is 10.8. The smallest absolute Gasteiger partial charge is 0.216 e. The van der Waals surface area contributed by atoms with Gasteiger partial charge >= 0.3 is 0 Å². The zero-order chi connectivity index (χ0) is 13.5. The number of ether oxygens (including phenoxy) is 1. The summed E-state index contributed by atoms with van der Waals surface area (Å²) >= 11 is 0. The molecule has 0 atom stereocenters. The van der Waals surface area contributed by atoms with Crippen LogP contribution in [0.2, 0.25) is 0 Å². The van der Waals surface area contributed by atoms with Crippen molar-refractivity contribution in [1.82, 2.24) is 5.32 Å². The van der Waals surface area contributed by atoms with Gasteiger partial charge in [0.2, 0.25) is 5.91 Å². The van der Waals surface area contributed by atoms with Gasteiger partial charge in [-0.25, -0.2) is 0 Å². The molecule has 0 fully saturated rings. The van der Waals surface area contributed by atoms with Crippen molar-refractivity contribution in [2.75, 3.05) is 6.54 Å². The zero-order valence-electron chi connectivity index (χ0n) is 10.9. The summed E-state index contributed by atoms with van der Waals surface area (Å²) in [6.45, 7) is 2.19. The first-order valence-electron chi connectivity index (χ1n) is 6.30. The molecule has 3 nitrogen and oxygen atoms in total. The van der Waals surface area contributed by atoms with Crippen LogP contribution in [0.5, 0.6) is 11.5 Å². The van der Waals surface area contributed by atoms with Crippen LogP contribution >= 0.6 is 0 Å². The number of nitrogens with one attached hydrogen (secondary N) is 1. The lowest BCUT2D eigenvalue weighted by molar-refractivity contribution is -0.118. The number of carbonyl (C=O) groups is 1. The monoisotopic (exact) mass is 255 g/mol. The second-order valence-corrected chi connectivity index (χ2v) is 4.29. The summed E-state index contributed by atoms with van der Waals surface area (Å²) < 4.78 is 5.71. The van der Waals surface area contributed by atoms with Crippen molar-refractivity contribution >= 4 is 5.91 Å². The van der Waals surface area contributed by atoms with E-state index >= 15 is 0 Å². The minimum Gasteiger partial charge on any atom is -0.457 e. The lowest BCUT2D eigenvalue weighted by Crippen LogP contribution is -2.22. The molecule has 2 rings (SSSR count). The maximum Gasteiger partial charge on any atom is 0.216 e. The Morgan fingerprint density at radius 1 is 1.00 bits per heavy atom. The average Bonchev–Trinajstić information content (AvgIpc) is 2.42. The van der Waals surface area contributed by atoms with Crippen molar-refractivity contribution in [2.24, 2.45) is 0 Å². The number of amides is 1. The molecule has 0 aliphatic heterocycles. The van der Waals surface area contributed by atoms with Gasteiger partial charge in [-0.3, -0.25) is 4.79 Å². The van der Waals surface area contributed by atoms with E-state index in [1.165, 1.54) is 12.5 Å². The molecule has 0 aliphatic rings. The zero-order valence-corrected chi connectivity index (χ0v) is 10.9. The molecule has 98 valence electrons. The maximum atomic E-state index is 10.8. The highest BCUT2D eigenvalue weighted by Crippen LogP contribution is 2.21. The average molecular weight is 255 g/mol. The van der Waals surface area contributed by atoms with E-state index in [1.54, 1.807) is 0 Å². The molecule has 0 aliphatic carbocycles. The van der Waals surface area contributed by atoms with Crippen molar-refractivity contribution in [3.63, 3.8) is 0 Å². The van der Waals surface area contributed by atoms with Gasteiger partial charge in [-0.15, -0.1) is 0 Å². The van der Waals surface area contributed by atoms with Gasteiger partial charge < -0.3 is 10.1 Å². The molecule has 19 heavy (non-hydrogen) atoms. The van der Waals surface area contributed by atoms with E-state index < -0.39 is 0 Å². The standard InChI is InChI=1S/C16H17NO2/c1-13(18)17-12-11-14-7-9-16(10-8-14)19-15-5-3-2-4-6-15/h2-10H,11-12H2,1H3,(H,17,18). The van der Waals surface area contributed by atoms with Crippen LogP contribution in [0.15, 0.2) is 54.6 Å².